The topological polar surface area (TPSA) is 59.0 Å². The van der Waals surface area contributed by atoms with Crippen molar-refractivity contribution >= 4 is 6.03 Å². The summed E-state index contributed by atoms with van der Waals surface area (Å²) in [5, 5.41) is 5.69. The molecule has 0 spiro atoms. The molecule has 0 fully saturated rings. The molecule has 0 aliphatic heterocycles. The third kappa shape index (κ3) is 5.41. The lowest BCUT2D eigenvalue weighted by atomic mass is 10.2. The van der Waals surface area contributed by atoms with Gasteiger partial charge in [-0.25, -0.2) is 14.2 Å². The Labute approximate surface area is 158 Å². The molecule has 6 heteroatoms. The summed E-state index contributed by atoms with van der Waals surface area (Å²) in [6.07, 6.45) is 2.43. The third-order valence-corrected chi connectivity index (χ3v) is 4.32. The van der Waals surface area contributed by atoms with E-state index in [4.69, 9.17) is 0 Å². The number of carbonyl (C=O) groups is 1. The molecule has 2 aromatic carbocycles. The summed E-state index contributed by atoms with van der Waals surface area (Å²) in [4.78, 5) is 16.4. The molecule has 0 atom stereocenters. The molecule has 0 saturated heterocycles. The summed E-state index contributed by atoms with van der Waals surface area (Å²) in [6, 6.07) is 16.0. The van der Waals surface area contributed by atoms with Gasteiger partial charge < -0.3 is 15.2 Å². The fourth-order valence-electron chi connectivity index (χ4n) is 2.83. The van der Waals surface area contributed by atoms with Crippen LogP contribution in [0.5, 0.6) is 0 Å². The highest BCUT2D eigenvalue weighted by Gasteiger charge is 2.09. The van der Waals surface area contributed by atoms with Crippen LogP contribution in [-0.4, -0.2) is 22.1 Å². The number of aromatic nitrogens is 2. The summed E-state index contributed by atoms with van der Waals surface area (Å²) in [5.41, 5.74) is 3.09. The van der Waals surface area contributed by atoms with Gasteiger partial charge in [-0.1, -0.05) is 42.5 Å². The Hall–Kier alpha value is -3.15. The van der Waals surface area contributed by atoms with Crippen LogP contribution in [0, 0.1) is 12.7 Å². The Balaban J connectivity index is 1.49. The highest BCUT2D eigenvalue weighted by molar-refractivity contribution is 5.73. The molecule has 140 valence electrons. The first-order valence-corrected chi connectivity index (χ1v) is 8.93. The molecule has 0 bridgehead atoms. The average molecular weight is 366 g/mol. The fourth-order valence-corrected chi connectivity index (χ4v) is 2.83. The molecule has 0 aliphatic carbocycles. The number of imidazole rings is 1. The number of hydrogen-bond donors (Lipinski definition) is 2. The first-order chi connectivity index (χ1) is 13.1. The van der Waals surface area contributed by atoms with Gasteiger partial charge >= 0.3 is 6.03 Å². The molecule has 1 aromatic heterocycles. The number of nitrogens with zero attached hydrogens (tertiary/aromatic N) is 2. The van der Waals surface area contributed by atoms with Crippen LogP contribution in [0.25, 0.3) is 0 Å². The van der Waals surface area contributed by atoms with E-state index < -0.39 is 0 Å². The monoisotopic (exact) mass is 366 g/mol. The van der Waals surface area contributed by atoms with E-state index >= 15 is 0 Å². The van der Waals surface area contributed by atoms with Crippen LogP contribution < -0.4 is 10.6 Å². The lowest BCUT2D eigenvalue weighted by Gasteiger charge is -2.11. The van der Waals surface area contributed by atoms with E-state index in [0.29, 0.717) is 26.1 Å². The summed E-state index contributed by atoms with van der Waals surface area (Å²) in [5.74, 6) is 0.646. The van der Waals surface area contributed by atoms with Gasteiger partial charge in [-0.15, -0.1) is 0 Å². The molecule has 5 nitrogen and oxygen atoms in total. The van der Waals surface area contributed by atoms with E-state index in [1.54, 1.807) is 12.1 Å². The number of urea groups is 1. The van der Waals surface area contributed by atoms with E-state index in [0.717, 1.165) is 22.6 Å². The molecule has 2 amide bonds. The van der Waals surface area contributed by atoms with Gasteiger partial charge in [0.15, 0.2) is 0 Å². The van der Waals surface area contributed by atoms with Crippen LogP contribution in [0.4, 0.5) is 9.18 Å². The number of aryl methyl sites for hydroxylation is 1. The Morgan fingerprint density at radius 2 is 1.78 bits per heavy atom. The number of carbonyl (C=O) groups excluding carboxylic acids is 1. The van der Waals surface area contributed by atoms with Crippen molar-refractivity contribution < 1.29 is 9.18 Å². The Kier molecular flexibility index (Phi) is 6.20. The summed E-state index contributed by atoms with van der Waals surface area (Å²) in [6.45, 7) is 3.59. The zero-order valence-corrected chi connectivity index (χ0v) is 15.3. The van der Waals surface area contributed by atoms with Gasteiger partial charge in [0.05, 0.1) is 0 Å². The third-order valence-electron chi connectivity index (χ3n) is 4.32. The molecule has 27 heavy (non-hydrogen) atoms. The Morgan fingerprint density at radius 3 is 2.52 bits per heavy atom. The average Bonchev–Trinajstić information content (AvgIpc) is 3.02. The largest absolute Gasteiger partial charge is 0.338 e. The highest BCUT2D eigenvalue weighted by Crippen LogP contribution is 2.11. The number of amides is 2. The van der Waals surface area contributed by atoms with Gasteiger partial charge in [-0.3, -0.25) is 0 Å². The van der Waals surface area contributed by atoms with E-state index in [-0.39, 0.29) is 11.8 Å². The van der Waals surface area contributed by atoms with Crippen LogP contribution in [0.2, 0.25) is 0 Å². The second-order valence-electron chi connectivity index (χ2n) is 6.37. The van der Waals surface area contributed by atoms with Crippen LogP contribution >= 0.6 is 0 Å². The molecule has 2 N–H and O–H groups in total. The molecular formula is C21H23FN4O. The van der Waals surface area contributed by atoms with Crippen LogP contribution in [-0.2, 0) is 19.5 Å². The van der Waals surface area contributed by atoms with Gasteiger partial charge in [0, 0.05) is 37.9 Å². The van der Waals surface area contributed by atoms with Crippen molar-refractivity contribution in [3.8, 4) is 0 Å². The molecule has 0 unspecified atom stereocenters. The number of halogens is 1. The van der Waals surface area contributed by atoms with Crippen molar-refractivity contribution in [1.82, 2.24) is 20.2 Å². The van der Waals surface area contributed by atoms with E-state index in [1.807, 2.05) is 43.5 Å². The van der Waals surface area contributed by atoms with Crippen molar-refractivity contribution in [3.63, 3.8) is 0 Å². The van der Waals surface area contributed by atoms with Crippen molar-refractivity contribution in [2.24, 2.45) is 0 Å². The normalized spacial score (nSPS) is 10.6. The maximum atomic E-state index is 13.1. The first-order valence-electron chi connectivity index (χ1n) is 8.93. The van der Waals surface area contributed by atoms with Gasteiger partial charge in [-0.2, -0.15) is 0 Å². The van der Waals surface area contributed by atoms with E-state index in [1.165, 1.54) is 12.1 Å². The molecule has 3 aromatic rings. The Morgan fingerprint density at radius 1 is 1.04 bits per heavy atom. The zero-order valence-electron chi connectivity index (χ0n) is 15.3. The van der Waals surface area contributed by atoms with Crippen molar-refractivity contribution in [2.75, 3.05) is 6.54 Å². The summed E-state index contributed by atoms with van der Waals surface area (Å²) >= 11 is 0. The molecule has 0 saturated carbocycles. The second kappa shape index (κ2) is 8.98. The standard InChI is InChI=1S/C21H23FN4O/c1-16-13-24-20(26(16)15-18-7-9-19(22)10-8-18)11-12-23-21(27)25-14-17-5-3-2-4-6-17/h2-10,13H,11-12,14-15H2,1H3,(H2,23,25,27). The Bertz CT molecular complexity index is 875. The zero-order chi connectivity index (χ0) is 19.1. The second-order valence-corrected chi connectivity index (χ2v) is 6.37. The minimum Gasteiger partial charge on any atom is -0.338 e. The number of benzene rings is 2. The smallest absolute Gasteiger partial charge is 0.315 e. The minimum atomic E-state index is -0.243. The maximum Gasteiger partial charge on any atom is 0.315 e. The molecule has 0 aliphatic rings. The predicted octanol–water partition coefficient (Wildman–Crippen LogP) is 3.42. The SMILES string of the molecule is Cc1cnc(CCNC(=O)NCc2ccccc2)n1Cc1ccc(F)cc1. The lowest BCUT2D eigenvalue weighted by molar-refractivity contribution is 0.240. The van der Waals surface area contributed by atoms with Crippen molar-refractivity contribution in [2.45, 2.75) is 26.4 Å². The van der Waals surface area contributed by atoms with Gasteiger partial charge in [-0.05, 0) is 30.2 Å². The summed E-state index contributed by atoms with van der Waals surface area (Å²) in [7, 11) is 0. The molecular weight excluding hydrogens is 343 g/mol. The van der Waals surface area contributed by atoms with Crippen LogP contribution in [0.1, 0.15) is 22.6 Å². The van der Waals surface area contributed by atoms with Crippen LogP contribution in [0.3, 0.4) is 0 Å². The quantitative estimate of drug-likeness (QED) is 0.673. The maximum absolute atomic E-state index is 13.1. The number of hydrogen-bond acceptors (Lipinski definition) is 2. The molecule has 1 heterocycles. The van der Waals surface area contributed by atoms with Gasteiger partial charge in [0.25, 0.3) is 0 Å². The predicted molar refractivity (Wildman–Crippen MR) is 103 cm³/mol. The van der Waals surface area contributed by atoms with Crippen molar-refractivity contribution in [3.05, 3.63) is 89.3 Å². The number of rotatable bonds is 7. The fraction of sp³-hybridized carbons (Fsp3) is 0.238. The molecule has 0 radical (unpaired) electrons. The van der Waals surface area contributed by atoms with Crippen LogP contribution in [0.15, 0.2) is 60.8 Å². The van der Waals surface area contributed by atoms with Gasteiger partial charge in [0.1, 0.15) is 11.6 Å². The minimum absolute atomic E-state index is 0.202. The summed E-state index contributed by atoms with van der Waals surface area (Å²) < 4.78 is 15.2. The molecule has 3 rings (SSSR count). The van der Waals surface area contributed by atoms with E-state index in [2.05, 4.69) is 20.2 Å². The number of nitrogens with one attached hydrogen (secondary N) is 2. The van der Waals surface area contributed by atoms with Crippen molar-refractivity contribution in [1.29, 1.82) is 0 Å². The first kappa shape index (κ1) is 18.6. The highest BCUT2D eigenvalue weighted by atomic mass is 19.1. The van der Waals surface area contributed by atoms with Gasteiger partial charge in [0.2, 0.25) is 0 Å². The van der Waals surface area contributed by atoms with E-state index in [9.17, 15) is 9.18 Å². The lowest BCUT2D eigenvalue weighted by Crippen LogP contribution is -2.36.